The van der Waals surface area contributed by atoms with Gasteiger partial charge in [0.25, 0.3) is 0 Å². The number of rotatable bonds is 2. The van der Waals surface area contributed by atoms with E-state index in [-0.39, 0.29) is 0 Å². The highest BCUT2D eigenvalue weighted by molar-refractivity contribution is 5.48. The fourth-order valence-corrected chi connectivity index (χ4v) is 2.01. The topological polar surface area (TPSA) is 63.7 Å². The van der Waals surface area contributed by atoms with Crippen LogP contribution in [-0.2, 0) is 7.05 Å². The van der Waals surface area contributed by atoms with Crippen molar-refractivity contribution < 1.29 is 4.74 Å². The standard InChI is InChI=1S/C14H16N4O/c1-8-6-9(2)16-14(12(8)7-15)19-13-10(3)17-18(5)11(13)4/h6H,1-5H3. The van der Waals surface area contributed by atoms with Crippen LogP contribution in [0.5, 0.6) is 11.6 Å². The van der Waals surface area contributed by atoms with Crippen molar-refractivity contribution in [3.63, 3.8) is 0 Å². The lowest BCUT2D eigenvalue weighted by atomic mass is 10.1. The first kappa shape index (κ1) is 13.1. The monoisotopic (exact) mass is 256 g/mol. The molecule has 0 amide bonds. The molecule has 19 heavy (non-hydrogen) atoms. The van der Waals surface area contributed by atoms with Crippen LogP contribution in [-0.4, -0.2) is 14.8 Å². The molecule has 0 aliphatic rings. The van der Waals surface area contributed by atoms with Crippen LogP contribution < -0.4 is 4.74 Å². The molecule has 0 saturated carbocycles. The number of nitrogens with zero attached hydrogens (tertiary/aromatic N) is 4. The molecule has 2 aromatic heterocycles. The lowest BCUT2D eigenvalue weighted by molar-refractivity contribution is 0.452. The van der Waals surface area contributed by atoms with Gasteiger partial charge < -0.3 is 4.74 Å². The highest BCUT2D eigenvalue weighted by atomic mass is 16.5. The maximum absolute atomic E-state index is 9.22. The summed E-state index contributed by atoms with van der Waals surface area (Å²) < 4.78 is 7.58. The summed E-state index contributed by atoms with van der Waals surface area (Å²) in [5.41, 5.74) is 3.84. The molecule has 0 aromatic carbocycles. The summed E-state index contributed by atoms with van der Waals surface area (Å²) in [6.07, 6.45) is 0. The fourth-order valence-electron chi connectivity index (χ4n) is 2.01. The SMILES string of the molecule is Cc1cc(C)c(C#N)c(Oc2c(C)nn(C)c2C)n1. The molecule has 5 nitrogen and oxygen atoms in total. The van der Waals surface area contributed by atoms with Gasteiger partial charge in [0.2, 0.25) is 5.88 Å². The quantitative estimate of drug-likeness (QED) is 0.828. The van der Waals surface area contributed by atoms with Crippen LogP contribution in [0.15, 0.2) is 6.07 Å². The summed E-state index contributed by atoms with van der Waals surface area (Å²) in [6, 6.07) is 4.01. The van der Waals surface area contributed by atoms with E-state index in [1.54, 1.807) is 4.68 Å². The molecule has 0 aliphatic heterocycles. The highest BCUT2D eigenvalue weighted by Crippen LogP contribution is 2.30. The Hall–Kier alpha value is -2.35. The number of nitriles is 1. The third-order valence-corrected chi connectivity index (χ3v) is 3.06. The van der Waals surface area contributed by atoms with Crippen LogP contribution in [0, 0.1) is 39.0 Å². The second-order valence-electron chi connectivity index (χ2n) is 4.60. The minimum atomic E-state index is 0.346. The van der Waals surface area contributed by atoms with Gasteiger partial charge in [-0.3, -0.25) is 4.68 Å². The van der Waals surface area contributed by atoms with Gasteiger partial charge >= 0.3 is 0 Å². The van der Waals surface area contributed by atoms with E-state index in [0.717, 1.165) is 22.6 Å². The zero-order valence-electron chi connectivity index (χ0n) is 11.8. The second-order valence-corrected chi connectivity index (χ2v) is 4.60. The van der Waals surface area contributed by atoms with Crippen molar-refractivity contribution in [2.24, 2.45) is 7.05 Å². The molecule has 0 N–H and O–H groups in total. The molecule has 0 bridgehead atoms. The van der Waals surface area contributed by atoms with Crippen LogP contribution in [0.3, 0.4) is 0 Å². The maximum atomic E-state index is 9.22. The molecule has 5 heteroatoms. The van der Waals surface area contributed by atoms with Gasteiger partial charge in [-0.2, -0.15) is 10.4 Å². The first-order valence-electron chi connectivity index (χ1n) is 6.00. The van der Waals surface area contributed by atoms with E-state index in [1.165, 1.54) is 0 Å². The third kappa shape index (κ3) is 2.29. The lowest BCUT2D eigenvalue weighted by Gasteiger charge is -2.09. The number of hydrogen-bond donors (Lipinski definition) is 0. The Balaban J connectivity index is 2.52. The zero-order chi connectivity index (χ0) is 14.2. The fraction of sp³-hybridized carbons (Fsp3) is 0.357. The summed E-state index contributed by atoms with van der Waals surface area (Å²) in [6.45, 7) is 7.55. The molecular formula is C14H16N4O. The van der Waals surface area contributed by atoms with Crippen LogP contribution in [0.25, 0.3) is 0 Å². The maximum Gasteiger partial charge on any atom is 0.237 e. The van der Waals surface area contributed by atoms with E-state index in [0.29, 0.717) is 17.2 Å². The summed E-state index contributed by atoms with van der Waals surface area (Å²) >= 11 is 0. The van der Waals surface area contributed by atoms with E-state index in [2.05, 4.69) is 16.2 Å². The number of aromatic nitrogens is 3. The smallest absolute Gasteiger partial charge is 0.237 e. The second kappa shape index (κ2) is 4.73. The van der Waals surface area contributed by atoms with Crippen molar-refractivity contribution in [2.75, 3.05) is 0 Å². The molecule has 0 saturated heterocycles. The van der Waals surface area contributed by atoms with Crippen molar-refractivity contribution in [3.05, 3.63) is 34.3 Å². The largest absolute Gasteiger partial charge is 0.434 e. The number of aryl methyl sites for hydroxylation is 4. The zero-order valence-corrected chi connectivity index (χ0v) is 11.8. The first-order chi connectivity index (χ1) is 8.93. The highest BCUT2D eigenvalue weighted by Gasteiger charge is 2.16. The molecule has 2 aromatic rings. The molecule has 0 radical (unpaired) electrons. The molecule has 0 atom stereocenters. The van der Waals surface area contributed by atoms with Crippen molar-refractivity contribution in [3.8, 4) is 17.7 Å². The van der Waals surface area contributed by atoms with Gasteiger partial charge in [0.05, 0.1) is 5.69 Å². The Morgan fingerprint density at radius 1 is 1.26 bits per heavy atom. The molecular weight excluding hydrogens is 240 g/mol. The summed E-state index contributed by atoms with van der Waals surface area (Å²) in [5.74, 6) is 1.01. The Labute approximate surface area is 112 Å². The van der Waals surface area contributed by atoms with E-state index < -0.39 is 0 Å². The minimum absolute atomic E-state index is 0.346. The average molecular weight is 256 g/mol. The third-order valence-electron chi connectivity index (χ3n) is 3.06. The van der Waals surface area contributed by atoms with E-state index in [9.17, 15) is 5.26 Å². The van der Waals surface area contributed by atoms with Gasteiger partial charge in [-0.1, -0.05) is 0 Å². The Bertz CT molecular complexity index is 680. The predicted octanol–water partition coefficient (Wildman–Crippen LogP) is 2.71. The number of pyridine rings is 1. The molecule has 0 unspecified atom stereocenters. The van der Waals surface area contributed by atoms with Crippen molar-refractivity contribution in [2.45, 2.75) is 27.7 Å². The van der Waals surface area contributed by atoms with Crippen LogP contribution >= 0.6 is 0 Å². The van der Waals surface area contributed by atoms with E-state index >= 15 is 0 Å². The Morgan fingerprint density at radius 3 is 2.47 bits per heavy atom. The normalized spacial score (nSPS) is 10.3. The van der Waals surface area contributed by atoms with Gasteiger partial charge in [0.1, 0.15) is 17.3 Å². The average Bonchev–Trinajstić information content (AvgIpc) is 2.55. The molecule has 98 valence electrons. The Kier molecular flexibility index (Phi) is 3.26. The van der Waals surface area contributed by atoms with Crippen molar-refractivity contribution in [1.29, 1.82) is 5.26 Å². The van der Waals surface area contributed by atoms with Gasteiger partial charge in [-0.15, -0.1) is 0 Å². The minimum Gasteiger partial charge on any atom is -0.434 e. The summed E-state index contributed by atoms with van der Waals surface area (Å²) in [5, 5.41) is 13.5. The molecule has 2 heterocycles. The summed E-state index contributed by atoms with van der Waals surface area (Å²) in [7, 11) is 1.86. The lowest BCUT2D eigenvalue weighted by Crippen LogP contribution is -1.98. The summed E-state index contributed by atoms with van der Waals surface area (Å²) in [4.78, 5) is 4.31. The molecule has 0 spiro atoms. The predicted molar refractivity (Wildman–Crippen MR) is 71.2 cm³/mol. The first-order valence-corrected chi connectivity index (χ1v) is 6.00. The van der Waals surface area contributed by atoms with E-state index in [4.69, 9.17) is 4.74 Å². The van der Waals surface area contributed by atoms with Crippen LogP contribution in [0.1, 0.15) is 28.2 Å². The van der Waals surface area contributed by atoms with Crippen LogP contribution in [0.2, 0.25) is 0 Å². The van der Waals surface area contributed by atoms with Gasteiger partial charge in [-0.25, -0.2) is 4.98 Å². The van der Waals surface area contributed by atoms with Gasteiger partial charge in [0, 0.05) is 12.7 Å². The number of ether oxygens (including phenoxy) is 1. The Morgan fingerprint density at radius 2 is 1.95 bits per heavy atom. The van der Waals surface area contributed by atoms with Gasteiger partial charge in [-0.05, 0) is 39.3 Å². The van der Waals surface area contributed by atoms with Crippen molar-refractivity contribution in [1.82, 2.24) is 14.8 Å². The van der Waals surface area contributed by atoms with Crippen LogP contribution in [0.4, 0.5) is 0 Å². The van der Waals surface area contributed by atoms with E-state index in [1.807, 2.05) is 40.8 Å². The van der Waals surface area contributed by atoms with Gasteiger partial charge in [0.15, 0.2) is 5.75 Å². The van der Waals surface area contributed by atoms with Crippen molar-refractivity contribution >= 4 is 0 Å². The molecule has 0 aliphatic carbocycles. The number of hydrogen-bond acceptors (Lipinski definition) is 4. The molecule has 2 rings (SSSR count). The molecule has 0 fully saturated rings.